The molecule has 0 fully saturated rings. The number of benzene rings is 1. The molecule has 0 aromatic heterocycles. The summed E-state index contributed by atoms with van der Waals surface area (Å²) in [5.41, 5.74) is 1.16. The summed E-state index contributed by atoms with van der Waals surface area (Å²) in [5, 5.41) is 1.79. The van der Waals surface area contributed by atoms with Gasteiger partial charge in [-0.25, -0.2) is 8.42 Å². The summed E-state index contributed by atoms with van der Waals surface area (Å²) in [4.78, 5) is 11.7. The van der Waals surface area contributed by atoms with Crippen LogP contribution in [0.15, 0.2) is 18.2 Å². The number of nitrogens with one attached hydrogen (secondary N) is 1. The Morgan fingerprint density at radius 1 is 1.41 bits per heavy atom. The van der Waals surface area contributed by atoms with Gasteiger partial charge in [-0.15, -0.1) is 0 Å². The molecule has 1 atom stereocenters. The van der Waals surface area contributed by atoms with E-state index in [2.05, 4.69) is 0 Å². The van der Waals surface area contributed by atoms with Crippen LogP contribution in [0.4, 0.5) is 18.9 Å². The number of sulfonamides is 1. The van der Waals surface area contributed by atoms with Crippen LogP contribution in [0.1, 0.15) is 22.8 Å². The van der Waals surface area contributed by atoms with Gasteiger partial charge in [0.05, 0.1) is 11.9 Å². The maximum absolute atomic E-state index is 12.1. The molecular formula is C13H15F3N2O3S. The van der Waals surface area contributed by atoms with E-state index in [0.717, 1.165) is 6.26 Å². The highest BCUT2D eigenvalue weighted by atomic mass is 32.2. The van der Waals surface area contributed by atoms with Crippen LogP contribution in [0, 0.1) is 0 Å². The molecule has 1 aromatic carbocycles. The van der Waals surface area contributed by atoms with Crippen molar-refractivity contribution in [3.8, 4) is 0 Å². The Morgan fingerprint density at radius 3 is 2.59 bits per heavy atom. The molecule has 2 rings (SSSR count). The van der Waals surface area contributed by atoms with E-state index >= 15 is 0 Å². The summed E-state index contributed by atoms with van der Waals surface area (Å²) in [6, 6.07) is 3.91. The van der Waals surface area contributed by atoms with Crippen molar-refractivity contribution in [2.75, 3.05) is 17.1 Å². The van der Waals surface area contributed by atoms with Gasteiger partial charge in [0.25, 0.3) is 5.91 Å². The zero-order chi connectivity index (χ0) is 16.7. The largest absolute Gasteiger partial charge is 0.405 e. The molecule has 1 amide bonds. The van der Waals surface area contributed by atoms with Gasteiger partial charge in [-0.2, -0.15) is 13.2 Å². The number of amides is 1. The van der Waals surface area contributed by atoms with Crippen LogP contribution < -0.4 is 9.62 Å². The van der Waals surface area contributed by atoms with E-state index in [0.29, 0.717) is 17.7 Å². The van der Waals surface area contributed by atoms with Gasteiger partial charge in [0.2, 0.25) is 10.0 Å². The molecule has 0 bridgehead atoms. The predicted octanol–water partition coefficient (Wildman–Crippen LogP) is 1.69. The van der Waals surface area contributed by atoms with E-state index in [1.54, 1.807) is 12.2 Å². The molecule has 1 heterocycles. The Kier molecular flexibility index (Phi) is 4.12. The first-order valence-corrected chi connectivity index (χ1v) is 8.31. The van der Waals surface area contributed by atoms with Gasteiger partial charge in [0.1, 0.15) is 6.54 Å². The number of carbonyl (C=O) groups is 1. The van der Waals surface area contributed by atoms with E-state index < -0.39 is 28.7 Å². The predicted molar refractivity (Wildman–Crippen MR) is 75.3 cm³/mol. The van der Waals surface area contributed by atoms with Crippen molar-refractivity contribution in [1.82, 2.24) is 5.32 Å². The summed E-state index contributed by atoms with van der Waals surface area (Å²) in [7, 11) is -3.44. The van der Waals surface area contributed by atoms with E-state index in [1.165, 1.54) is 22.5 Å². The van der Waals surface area contributed by atoms with E-state index in [1.807, 2.05) is 0 Å². The molecule has 9 heteroatoms. The zero-order valence-corrected chi connectivity index (χ0v) is 12.8. The summed E-state index contributed by atoms with van der Waals surface area (Å²) < 4.78 is 61.1. The molecule has 0 radical (unpaired) electrons. The molecule has 1 unspecified atom stereocenters. The van der Waals surface area contributed by atoms with Gasteiger partial charge in [-0.3, -0.25) is 9.10 Å². The minimum absolute atomic E-state index is 0.0746. The highest BCUT2D eigenvalue weighted by Crippen LogP contribution is 2.34. The number of nitrogens with zero attached hydrogens (tertiary/aromatic N) is 1. The van der Waals surface area contributed by atoms with Crippen molar-refractivity contribution in [2.24, 2.45) is 0 Å². The van der Waals surface area contributed by atoms with Crippen molar-refractivity contribution in [2.45, 2.75) is 25.6 Å². The summed E-state index contributed by atoms with van der Waals surface area (Å²) in [5.74, 6) is -0.842. The number of fused-ring (bicyclic) bond motifs is 1. The van der Waals surface area contributed by atoms with Crippen molar-refractivity contribution < 1.29 is 26.4 Å². The minimum atomic E-state index is -4.48. The molecule has 122 valence electrons. The smallest absolute Gasteiger partial charge is 0.343 e. The first-order valence-electron chi connectivity index (χ1n) is 6.46. The maximum atomic E-state index is 12.1. The molecular weight excluding hydrogens is 321 g/mol. The van der Waals surface area contributed by atoms with Crippen molar-refractivity contribution in [3.63, 3.8) is 0 Å². The maximum Gasteiger partial charge on any atom is 0.405 e. The topological polar surface area (TPSA) is 66.5 Å². The van der Waals surface area contributed by atoms with E-state index in [-0.39, 0.29) is 11.6 Å². The lowest BCUT2D eigenvalue weighted by atomic mass is 10.1. The number of alkyl halides is 3. The van der Waals surface area contributed by atoms with Crippen LogP contribution >= 0.6 is 0 Å². The number of hydrogen-bond acceptors (Lipinski definition) is 3. The fourth-order valence-corrected chi connectivity index (χ4v) is 3.80. The van der Waals surface area contributed by atoms with Crippen LogP contribution in [-0.4, -0.2) is 39.3 Å². The molecule has 5 nitrogen and oxygen atoms in total. The first kappa shape index (κ1) is 16.6. The third-order valence-electron chi connectivity index (χ3n) is 3.30. The van der Waals surface area contributed by atoms with Crippen LogP contribution in [0.5, 0.6) is 0 Å². The molecule has 22 heavy (non-hydrogen) atoms. The summed E-state index contributed by atoms with van der Waals surface area (Å²) in [6.45, 7) is 0.319. The van der Waals surface area contributed by atoms with Crippen LogP contribution in [-0.2, 0) is 16.4 Å². The molecule has 0 saturated heterocycles. The Morgan fingerprint density at radius 2 is 2.05 bits per heavy atom. The Hall–Kier alpha value is -1.77. The molecule has 0 aliphatic carbocycles. The third kappa shape index (κ3) is 3.52. The Labute approximate surface area is 126 Å². The first-order chi connectivity index (χ1) is 9.99. The van der Waals surface area contributed by atoms with Gasteiger partial charge in [0.15, 0.2) is 0 Å². The number of halogens is 3. The van der Waals surface area contributed by atoms with Crippen LogP contribution in [0.2, 0.25) is 0 Å². The quantitative estimate of drug-likeness (QED) is 0.913. The van der Waals surface area contributed by atoms with E-state index in [9.17, 15) is 26.4 Å². The number of hydrogen-bond donors (Lipinski definition) is 1. The third-order valence-corrected chi connectivity index (χ3v) is 4.57. The summed E-state index contributed by atoms with van der Waals surface area (Å²) in [6.07, 6.45) is -2.99. The molecule has 1 N–H and O–H groups in total. The van der Waals surface area contributed by atoms with Gasteiger partial charge >= 0.3 is 6.18 Å². The Balaban J connectivity index is 2.24. The normalized spacial score (nSPS) is 18.2. The van der Waals surface area contributed by atoms with Crippen molar-refractivity contribution in [1.29, 1.82) is 0 Å². The van der Waals surface area contributed by atoms with E-state index in [4.69, 9.17) is 0 Å². The number of rotatable bonds is 3. The fraction of sp³-hybridized carbons (Fsp3) is 0.462. The van der Waals surface area contributed by atoms with Gasteiger partial charge in [-0.1, -0.05) is 0 Å². The molecule has 0 spiro atoms. The second-order valence-corrected chi connectivity index (χ2v) is 7.11. The van der Waals surface area contributed by atoms with Crippen molar-refractivity contribution >= 4 is 21.6 Å². The highest BCUT2D eigenvalue weighted by Gasteiger charge is 2.33. The van der Waals surface area contributed by atoms with Crippen LogP contribution in [0.25, 0.3) is 0 Å². The second kappa shape index (κ2) is 5.45. The number of anilines is 1. The lowest BCUT2D eigenvalue weighted by Crippen LogP contribution is -2.34. The highest BCUT2D eigenvalue weighted by molar-refractivity contribution is 7.92. The number of carbonyl (C=O) groups excluding carboxylic acids is 1. The molecule has 1 aliphatic heterocycles. The summed E-state index contributed by atoms with van der Waals surface area (Å²) >= 11 is 0. The lowest BCUT2D eigenvalue weighted by molar-refractivity contribution is -0.123. The van der Waals surface area contributed by atoms with Gasteiger partial charge < -0.3 is 5.32 Å². The molecule has 0 saturated carbocycles. The van der Waals surface area contributed by atoms with Crippen molar-refractivity contribution in [3.05, 3.63) is 29.3 Å². The standard InChI is InChI=1S/C13H15F3N2O3S/c1-8-5-10-6-9(12(19)17-7-13(14,15)16)3-4-11(10)18(8)22(2,20)21/h3-4,6,8H,5,7H2,1-2H3,(H,17,19). The molecule has 1 aliphatic rings. The average Bonchev–Trinajstić information content (AvgIpc) is 2.69. The minimum Gasteiger partial charge on any atom is -0.343 e. The lowest BCUT2D eigenvalue weighted by Gasteiger charge is -2.21. The second-order valence-electron chi connectivity index (χ2n) is 5.25. The zero-order valence-electron chi connectivity index (χ0n) is 11.9. The van der Waals surface area contributed by atoms with Gasteiger partial charge in [-0.05, 0) is 37.1 Å². The molecule has 1 aromatic rings. The fourth-order valence-electron chi connectivity index (χ4n) is 2.53. The average molecular weight is 336 g/mol. The monoisotopic (exact) mass is 336 g/mol. The SMILES string of the molecule is CC1Cc2cc(C(=O)NCC(F)(F)F)ccc2N1S(C)(=O)=O. The Bertz CT molecular complexity index is 701. The van der Waals surface area contributed by atoms with Gasteiger partial charge in [0, 0.05) is 11.6 Å². The van der Waals surface area contributed by atoms with Crippen LogP contribution in [0.3, 0.4) is 0 Å².